The fraction of sp³-hybridized carbons (Fsp3) is 0.286. The summed E-state index contributed by atoms with van der Waals surface area (Å²) in [5.74, 6) is 0.825. The van der Waals surface area contributed by atoms with Gasteiger partial charge in [-0.05, 0) is 30.5 Å². The summed E-state index contributed by atoms with van der Waals surface area (Å²) in [6.45, 7) is 2.19. The predicted molar refractivity (Wildman–Crippen MR) is 79.2 cm³/mol. The molecule has 0 aliphatic rings. The van der Waals surface area contributed by atoms with Crippen molar-refractivity contribution >= 4 is 23.0 Å². The van der Waals surface area contributed by atoms with Crippen molar-refractivity contribution < 1.29 is 0 Å². The smallest absolute Gasteiger partial charge is 0.159 e. The van der Waals surface area contributed by atoms with Crippen molar-refractivity contribution in [2.75, 3.05) is 16.8 Å². The van der Waals surface area contributed by atoms with Crippen LogP contribution in [0.15, 0.2) is 30.6 Å². The SMILES string of the molecule is CCCCc1ccc(Nc2ncnc(N)c2N)cc1. The minimum atomic E-state index is 0.289. The van der Waals surface area contributed by atoms with E-state index in [1.807, 2.05) is 12.1 Å². The zero-order chi connectivity index (χ0) is 13.7. The van der Waals surface area contributed by atoms with Crippen LogP contribution in [0.2, 0.25) is 0 Å². The summed E-state index contributed by atoms with van der Waals surface area (Å²) in [4.78, 5) is 7.91. The van der Waals surface area contributed by atoms with Crippen LogP contribution in [-0.4, -0.2) is 9.97 Å². The molecule has 1 aromatic carbocycles. The van der Waals surface area contributed by atoms with Gasteiger partial charge in [-0.15, -0.1) is 0 Å². The van der Waals surface area contributed by atoms with E-state index in [1.54, 1.807) is 0 Å². The molecular weight excluding hydrogens is 238 g/mol. The van der Waals surface area contributed by atoms with E-state index in [9.17, 15) is 0 Å². The van der Waals surface area contributed by atoms with Gasteiger partial charge in [-0.3, -0.25) is 0 Å². The highest BCUT2D eigenvalue weighted by Crippen LogP contribution is 2.23. The van der Waals surface area contributed by atoms with E-state index >= 15 is 0 Å². The van der Waals surface area contributed by atoms with Gasteiger partial charge in [0.1, 0.15) is 12.0 Å². The van der Waals surface area contributed by atoms with Gasteiger partial charge < -0.3 is 16.8 Å². The first-order valence-electron chi connectivity index (χ1n) is 6.42. The number of nitrogens with zero attached hydrogens (tertiary/aromatic N) is 2. The maximum Gasteiger partial charge on any atom is 0.159 e. The summed E-state index contributed by atoms with van der Waals surface area (Å²) in [6, 6.07) is 8.25. The maximum atomic E-state index is 5.81. The first-order valence-corrected chi connectivity index (χ1v) is 6.42. The number of nitrogen functional groups attached to an aromatic ring is 2. The largest absolute Gasteiger partial charge is 0.393 e. The third-order valence-electron chi connectivity index (χ3n) is 2.95. The lowest BCUT2D eigenvalue weighted by Crippen LogP contribution is -2.04. The lowest BCUT2D eigenvalue weighted by Gasteiger charge is -2.09. The molecule has 1 aromatic heterocycles. The third-order valence-corrected chi connectivity index (χ3v) is 2.95. The predicted octanol–water partition coefficient (Wildman–Crippen LogP) is 2.73. The van der Waals surface area contributed by atoms with E-state index in [0.29, 0.717) is 11.5 Å². The molecule has 0 unspecified atom stereocenters. The minimum Gasteiger partial charge on any atom is -0.393 e. The Kier molecular flexibility index (Phi) is 4.18. The fourth-order valence-corrected chi connectivity index (χ4v) is 1.78. The Labute approximate surface area is 113 Å². The molecule has 5 N–H and O–H groups in total. The van der Waals surface area contributed by atoms with E-state index in [0.717, 1.165) is 12.1 Å². The highest BCUT2D eigenvalue weighted by Gasteiger charge is 2.05. The first kappa shape index (κ1) is 13.1. The van der Waals surface area contributed by atoms with Crippen LogP contribution >= 0.6 is 0 Å². The van der Waals surface area contributed by atoms with Gasteiger partial charge in [0.15, 0.2) is 11.6 Å². The number of unbranched alkanes of at least 4 members (excludes halogenated alkanes) is 1. The maximum absolute atomic E-state index is 5.81. The molecule has 0 atom stereocenters. The van der Waals surface area contributed by atoms with Gasteiger partial charge in [-0.25, -0.2) is 9.97 Å². The second-order valence-electron chi connectivity index (χ2n) is 4.45. The minimum absolute atomic E-state index is 0.289. The molecule has 0 aliphatic carbocycles. The summed E-state index contributed by atoms with van der Waals surface area (Å²) in [5.41, 5.74) is 14.1. The van der Waals surface area contributed by atoms with Crippen molar-refractivity contribution in [3.63, 3.8) is 0 Å². The molecule has 100 valence electrons. The standard InChI is InChI=1S/C14H19N5/c1-2-3-4-10-5-7-11(8-6-10)19-14-12(15)13(16)17-9-18-14/h5-9H,2-4,15H2,1H3,(H3,16,17,18,19). The Morgan fingerprint density at radius 2 is 1.84 bits per heavy atom. The van der Waals surface area contributed by atoms with Crippen LogP contribution in [0.3, 0.4) is 0 Å². The summed E-state index contributed by atoms with van der Waals surface area (Å²) in [7, 11) is 0. The zero-order valence-electron chi connectivity index (χ0n) is 11.1. The van der Waals surface area contributed by atoms with E-state index in [-0.39, 0.29) is 5.82 Å². The van der Waals surface area contributed by atoms with E-state index < -0.39 is 0 Å². The van der Waals surface area contributed by atoms with E-state index in [1.165, 1.54) is 24.7 Å². The fourth-order valence-electron chi connectivity index (χ4n) is 1.78. The van der Waals surface area contributed by atoms with Gasteiger partial charge in [0.2, 0.25) is 0 Å². The van der Waals surface area contributed by atoms with Crippen molar-refractivity contribution in [3.05, 3.63) is 36.2 Å². The topological polar surface area (TPSA) is 89.8 Å². The zero-order valence-corrected chi connectivity index (χ0v) is 11.1. The van der Waals surface area contributed by atoms with Gasteiger partial charge in [0.25, 0.3) is 0 Å². The van der Waals surface area contributed by atoms with Gasteiger partial charge >= 0.3 is 0 Å². The van der Waals surface area contributed by atoms with Crippen LogP contribution in [0.25, 0.3) is 0 Å². The Bertz CT molecular complexity index is 536. The molecule has 0 aliphatic heterocycles. The van der Waals surface area contributed by atoms with Crippen LogP contribution in [0.4, 0.5) is 23.0 Å². The van der Waals surface area contributed by atoms with Gasteiger partial charge in [-0.2, -0.15) is 0 Å². The van der Waals surface area contributed by atoms with Crippen LogP contribution in [-0.2, 0) is 6.42 Å². The molecule has 0 fully saturated rings. The van der Waals surface area contributed by atoms with Crippen LogP contribution in [0.1, 0.15) is 25.3 Å². The van der Waals surface area contributed by atoms with Crippen LogP contribution in [0.5, 0.6) is 0 Å². The van der Waals surface area contributed by atoms with E-state index in [2.05, 4.69) is 34.3 Å². The van der Waals surface area contributed by atoms with Crippen LogP contribution in [0, 0.1) is 0 Å². The summed E-state index contributed by atoms with van der Waals surface area (Å²) < 4.78 is 0. The average molecular weight is 257 g/mol. The molecule has 0 radical (unpaired) electrons. The number of rotatable bonds is 5. The van der Waals surface area contributed by atoms with Crippen molar-refractivity contribution in [2.24, 2.45) is 0 Å². The Balaban J connectivity index is 2.09. The summed E-state index contributed by atoms with van der Waals surface area (Å²) >= 11 is 0. The molecule has 0 bridgehead atoms. The van der Waals surface area contributed by atoms with Crippen molar-refractivity contribution in [1.29, 1.82) is 0 Å². The second kappa shape index (κ2) is 6.04. The molecule has 0 saturated carbocycles. The quantitative estimate of drug-likeness (QED) is 0.766. The normalized spacial score (nSPS) is 10.4. The Morgan fingerprint density at radius 3 is 2.53 bits per heavy atom. The number of benzene rings is 1. The molecule has 5 heteroatoms. The number of nitrogens with one attached hydrogen (secondary N) is 1. The first-order chi connectivity index (χ1) is 9.20. The molecule has 0 amide bonds. The third kappa shape index (κ3) is 3.34. The number of hydrogen-bond acceptors (Lipinski definition) is 5. The summed E-state index contributed by atoms with van der Waals surface area (Å²) in [5, 5.41) is 3.14. The Morgan fingerprint density at radius 1 is 1.11 bits per heavy atom. The second-order valence-corrected chi connectivity index (χ2v) is 4.45. The molecule has 0 saturated heterocycles. The highest BCUT2D eigenvalue weighted by atomic mass is 15.1. The van der Waals surface area contributed by atoms with Gasteiger partial charge in [0, 0.05) is 5.69 Å². The molecule has 2 rings (SSSR count). The molecule has 19 heavy (non-hydrogen) atoms. The molecule has 0 spiro atoms. The van der Waals surface area contributed by atoms with Crippen molar-refractivity contribution in [3.8, 4) is 0 Å². The molecule has 5 nitrogen and oxygen atoms in total. The molecule has 2 aromatic rings. The van der Waals surface area contributed by atoms with Gasteiger partial charge in [-0.1, -0.05) is 25.5 Å². The average Bonchev–Trinajstić information content (AvgIpc) is 2.43. The Hall–Kier alpha value is -2.30. The van der Waals surface area contributed by atoms with Crippen molar-refractivity contribution in [1.82, 2.24) is 9.97 Å². The van der Waals surface area contributed by atoms with Gasteiger partial charge in [0.05, 0.1) is 0 Å². The lowest BCUT2D eigenvalue weighted by molar-refractivity contribution is 0.795. The summed E-state index contributed by atoms with van der Waals surface area (Å²) in [6.07, 6.45) is 4.92. The lowest BCUT2D eigenvalue weighted by atomic mass is 10.1. The monoisotopic (exact) mass is 257 g/mol. The van der Waals surface area contributed by atoms with E-state index in [4.69, 9.17) is 11.5 Å². The highest BCUT2D eigenvalue weighted by molar-refractivity contribution is 5.76. The molecule has 1 heterocycles. The number of nitrogens with two attached hydrogens (primary N) is 2. The molecular formula is C14H19N5. The van der Waals surface area contributed by atoms with Crippen molar-refractivity contribution in [2.45, 2.75) is 26.2 Å². The number of anilines is 4. The number of aryl methyl sites for hydroxylation is 1. The number of hydrogen-bond donors (Lipinski definition) is 3. The number of aromatic nitrogens is 2. The van der Waals surface area contributed by atoms with Crippen LogP contribution < -0.4 is 16.8 Å².